The van der Waals surface area contributed by atoms with Gasteiger partial charge in [-0.3, -0.25) is 14.4 Å². The maximum Gasteiger partial charge on any atom is 0.416 e. The molecule has 1 N–H and O–H groups in total. The topological polar surface area (TPSA) is 88.2 Å². The van der Waals surface area contributed by atoms with Crippen LogP contribution in [0, 0.1) is 11.8 Å². The monoisotopic (exact) mass is 561 g/mol. The highest BCUT2D eigenvalue weighted by atomic mass is 19.4. The van der Waals surface area contributed by atoms with E-state index in [1.165, 1.54) is 12.1 Å². The van der Waals surface area contributed by atoms with E-state index in [0.717, 1.165) is 28.2 Å². The second kappa shape index (κ2) is 9.12. The van der Waals surface area contributed by atoms with Crippen LogP contribution in [0.4, 0.5) is 24.5 Å². The highest BCUT2D eigenvalue weighted by Gasteiger charge is 2.64. The summed E-state index contributed by atoms with van der Waals surface area (Å²) in [5.74, 6) is -2.81. The van der Waals surface area contributed by atoms with Crippen LogP contribution in [0.15, 0.2) is 72.9 Å². The van der Waals surface area contributed by atoms with E-state index in [0.29, 0.717) is 30.4 Å². The third kappa shape index (κ3) is 3.94. The third-order valence-electron chi connectivity index (χ3n) is 7.97. The first-order valence-corrected chi connectivity index (χ1v) is 13.0. The lowest BCUT2D eigenvalue weighted by Crippen LogP contribution is -2.46. The molecule has 8 nitrogen and oxygen atoms in total. The summed E-state index contributed by atoms with van der Waals surface area (Å²) in [4.78, 5) is 44.6. The molecule has 0 aromatic heterocycles. The molecule has 4 heterocycles. The highest BCUT2D eigenvalue weighted by molar-refractivity contribution is 6.24. The van der Waals surface area contributed by atoms with Gasteiger partial charge in [-0.2, -0.15) is 13.2 Å². The fraction of sp³-hybridized carbons (Fsp3) is 0.233. The van der Waals surface area contributed by atoms with Crippen molar-refractivity contribution in [1.29, 1.82) is 0 Å². The normalized spacial score (nSPS) is 24.2. The summed E-state index contributed by atoms with van der Waals surface area (Å²) in [5, 5.41) is 2.56. The summed E-state index contributed by atoms with van der Waals surface area (Å²) in [6.07, 6.45) is -1.12. The minimum absolute atomic E-state index is 0.0633. The molecule has 0 aliphatic carbocycles. The minimum Gasteiger partial charge on any atom is -0.486 e. The zero-order chi connectivity index (χ0) is 28.5. The van der Waals surface area contributed by atoms with Crippen LogP contribution in [-0.2, 0) is 20.6 Å². The van der Waals surface area contributed by atoms with E-state index in [-0.39, 0.29) is 5.69 Å². The number of nitrogens with zero attached hydrogens (tertiary/aromatic N) is 2. The molecule has 7 rings (SSSR count). The number of halogens is 3. The maximum absolute atomic E-state index is 14.0. The van der Waals surface area contributed by atoms with Crippen molar-refractivity contribution in [3.05, 3.63) is 89.6 Å². The van der Waals surface area contributed by atoms with Gasteiger partial charge in [0.1, 0.15) is 19.3 Å². The molecule has 3 aromatic carbocycles. The van der Waals surface area contributed by atoms with Gasteiger partial charge in [0, 0.05) is 18.0 Å². The van der Waals surface area contributed by atoms with Gasteiger partial charge in [-0.15, -0.1) is 0 Å². The predicted octanol–water partition coefficient (Wildman–Crippen LogP) is 4.63. The van der Waals surface area contributed by atoms with E-state index in [1.807, 2.05) is 24.3 Å². The number of carbonyl (C=O) groups excluding carboxylic acids is 3. The molecule has 0 radical (unpaired) electrons. The molecule has 4 atom stereocenters. The van der Waals surface area contributed by atoms with E-state index >= 15 is 0 Å². The van der Waals surface area contributed by atoms with Gasteiger partial charge in [-0.05, 0) is 47.5 Å². The van der Waals surface area contributed by atoms with Gasteiger partial charge in [-0.1, -0.05) is 30.3 Å². The standard InChI is InChI=1S/C30H22F3N3O5/c31-30(32,33)17-5-3-6-18(14-17)34-27(37)26-24-23(25-20-7-2-1-4-16(20)10-11-35(25)26)28(38)36(29(24)39)19-8-9-21-22(15-19)41-13-12-40-21/h1-11,14-15,23-26H,12-13H2,(H,34,37)/t23-,24+,25+,26-/m0/s1. The Balaban J connectivity index is 1.28. The molecule has 208 valence electrons. The number of ether oxygens (including phenoxy) is 2. The Morgan fingerprint density at radius 2 is 1.63 bits per heavy atom. The van der Waals surface area contributed by atoms with Gasteiger partial charge >= 0.3 is 6.18 Å². The molecule has 4 aliphatic rings. The van der Waals surface area contributed by atoms with E-state index in [4.69, 9.17) is 9.47 Å². The lowest BCUT2D eigenvalue weighted by Gasteiger charge is -2.35. The number of hydrogen-bond acceptors (Lipinski definition) is 6. The van der Waals surface area contributed by atoms with Crippen LogP contribution in [0.25, 0.3) is 6.08 Å². The van der Waals surface area contributed by atoms with Crippen molar-refractivity contribution in [2.75, 3.05) is 23.4 Å². The maximum atomic E-state index is 14.0. The second-order valence-electron chi connectivity index (χ2n) is 10.2. The summed E-state index contributed by atoms with van der Waals surface area (Å²) in [6.45, 7) is 0.701. The molecule has 0 spiro atoms. The molecular formula is C30H22F3N3O5. The molecule has 4 aliphatic heterocycles. The summed E-state index contributed by atoms with van der Waals surface area (Å²) >= 11 is 0. The first kappa shape index (κ1) is 25.2. The third-order valence-corrected chi connectivity index (χ3v) is 7.97. The molecule has 0 unspecified atom stereocenters. The van der Waals surface area contributed by atoms with Crippen molar-refractivity contribution in [1.82, 2.24) is 4.90 Å². The van der Waals surface area contributed by atoms with Crippen LogP contribution < -0.4 is 19.7 Å². The van der Waals surface area contributed by atoms with Crippen molar-refractivity contribution >= 4 is 35.2 Å². The molecule has 41 heavy (non-hydrogen) atoms. The summed E-state index contributed by atoms with van der Waals surface area (Å²) < 4.78 is 51.1. The van der Waals surface area contributed by atoms with Crippen LogP contribution in [0.1, 0.15) is 22.7 Å². The molecule has 2 saturated heterocycles. The predicted molar refractivity (Wildman–Crippen MR) is 141 cm³/mol. The summed E-state index contributed by atoms with van der Waals surface area (Å²) in [7, 11) is 0. The SMILES string of the molecule is O=C(Nc1cccc(C(F)(F)F)c1)[C@@H]1[C@@H]2C(=O)N(c3ccc4c(c3)OCCO4)C(=O)[C@@H]2[C@H]2c3ccccc3C=CN12. The number of alkyl halides is 3. The van der Waals surface area contributed by atoms with Crippen LogP contribution in [-0.4, -0.2) is 41.9 Å². The Morgan fingerprint density at radius 1 is 0.878 bits per heavy atom. The molecule has 2 fully saturated rings. The Hall–Kier alpha value is -4.80. The number of benzene rings is 3. The number of fused-ring (bicyclic) bond motifs is 6. The first-order valence-electron chi connectivity index (χ1n) is 13.0. The van der Waals surface area contributed by atoms with Gasteiger partial charge in [0.15, 0.2) is 11.5 Å². The summed E-state index contributed by atoms with van der Waals surface area (Å²) in [6, 6.07) is 14.7. The fourth-order valence-corrected chi connectivity index (χ4v) is 6.27. The number of imide groups is 1. The molecule has 3 aromatic rings. The van der Waals surface area contributed by atoms with Gasteiger partial charge < -0.3 is 19.7 Å². The zero-order valence-corrected chi connectivity index (χ0v) is 21.3. The Morgan fingerprint density at radius 3 is 2.44 bits per heavy atom. The molecular weight excluding hydrogens is 539 g/mol. The number of carbonyl (C=O) groups is 3. The lowest BCUT2D eigenvalue weighted by atomic mass is 9.84. The number of rotatable bonds is 3. The molecule has 11 heteroatoms. The van der Waals surface area contributed by atoms with Gasteiger partial charge in [0.25, 0.3) is 0 Å². The van der Waals surface area contributed by atoms with Crippen molar-refractivity contribution in [3.63, 3.8) is 0 Å². The van der Waals surface area contributed by atoms with E-state index in [1.54, 1.807) is 35.4 Å². The highest BCUT2D eigenvalue weighted by Crippen LogP contribution is 2.53. The van der Waals surface area contributed by atoms with Gasteiger partial charge in [0.05, 0.1) is 29.1 Å². The Bertz CT molecular complexity index is 1640. The van der Waals surface area contributed by atoms with Crippen LogP contribution in [0.5, 0.6) is 11.5 Å². The average molecular weight is 562 g/mol. The minimum atomic E-state index is -4.60. The number of nitrogens with one attached hydrogen (secondary N) is 1. The van der Waals surface area contributed by atoms with Gasteiger partial charge in [0.2, 0.25) is 17.7 Å². The Labute approximate surface area is 231 Å². The van der Waals surface area contributed by atoms with E-state index < -0.39 is 53.4 Å². The largest absolute Gasteiger partial charge is 0.486 e. The fourth-order valence-electron chi connectivity index (χ4n) is 6.27. The smallest absolute Gasteiger partial charge is 0.416 e. The van der Waals surface area contributed by atoms with Crippen LogP contribution in [0.3, 0.4) is 0 Å². The molecule has 0 saturated carbocycles. The number of amides is 3. The summed E-state index contributed by atoms with van der Waals surface area (Å²) in [5.41, 5.74) is 0.948. The number of hydrogen-bond donors (Lipinski definition) is 1. The quantitative estimate of drug-likeness (QED) is 0.470. The average Bonchev–Trinajstić information content (AvgIpc) is 3.44. The molecule has 3 amide bonds. The van der Waals surface area contributed by atoms with E-state index in [9.17, 15) is 27.6 Å². The van der Waals surface area contributed by atoms with Crippen molar-refractivity contribution in [3.8, 4) is 11.5 Å². The Kier molecular flexibility index (Phi) is 5.60. The van der Waals surface area contributed by atoms with Crippen molar-refractivity contribution < 1.29 is 37.0 Å². The lowest BCUT2D eigenvalue weighted by molar-refractivity contribution is -0.137. The molecule has 0 bridgehead atoms. The van der Waals surface area contributed by atoms with Crippen molar-refractivity contribution in [2.24, 2.45) is 11.8 Å². The first-order chi connectivity index (χ1) is 19.7. The van der Waals surface area contributed by atoms with E-state index in [2.05, 4.69) is 5.32 Å². The van der Waals surface area contributed by atoms with Crippen LogP contribution >= 0.6 is 0 Å². The second-order valence-corrected chi connectivity index (χ2v) is 10.2. The number of anilines is 2. The van der Waals surface area contributed by atoms with Crippen LogP contribution in [0.2, 0.25) is 0 Å². The van der Waals surface area contributed by atoms with Crippen molar-refractivity contribution in [2.45, 2.75) is 18.3 Å². The van der Waals surface area contributed by atoms with Gasteiger partial charge in [-0.25, -0.2) is 4.90 Å². The zero-order valence-electron chi connectivity index (χ0n) is 21.3.